The van der Waals surface area contributed by atoms with Crippen LogP contribution in [0.5, 0.6) is 0 Å². The Balaban J connectivity index is 1.61. The molecule has 0 radical (unpaired) electrons. The van der Waals surface area contributed by atoms with Crippen LogP contribution in [0.15, 0.2) is 48.8 Å². The number of pyridine rings is 1. The van der Waals surface area contributed by atoms with E-state index >= 15 is 0 Å². The fourth-order valence-corrected chi connectivity index (χ4v) is 3.41. The Morgan fingerprint density at radius 2 is 1.96 bits per heavy atom. The molecular formula is C21H18N4O3. The van der Waals surface area contributed by atoms with Crippen LogP contribution in [-0.4, -0.2) is 33.6 Å². The number of hydrogen-bond donors (Lipinski definition) is 0. The van der Waals surface area contributed by atoms with Gasteiger partial charge in [-0.2, -0.15) is 5.26 Å². The fraction of sp³-hybridized carbons (Fsp3) is 0.286. The van der Waals surface area contributed by atoms with E-state index < -0.39 is 11.9 Å². The molecule has 1 saturated heterocycles. The van der Waals surface area contributed by atoms with Crippen LogP contribution in [0.1, 0.15) is 30.4 Å². The zero-order chi connectivity index (χ0) is 19.7. The van der Waals surface area contributed by atoms with E-state index in [1.807, 2.05) is 12.1 Å². The van der Waals surface area contributed by atoms with Crippen molar-refractivity contribution in [3.63, 3.8) is 0 Å². The number of amides is 3. The maximum absolute atomic E-state index is 13.1. The molecule has 1 aromatic heterocycles. The van der Waals surface area contributed by atoms with Crippen molar-refractivity contribution in [1.82, 2.24) is 9.88 Å². The van der Waals surface area contributed by atoms with Crippen LogP contribution >= 0.6 is 0 Å². The number of imide groups is 1. The first-order chi connectivity index (χ1) is 13.6. The van der Waals surface area contributed by atoms with Gasteiger partial charge in [-0.25, -0.2) is 4.90 Å². The minimum Gasteiger partial charge on any atom is -0.325 e. The molecule has 0 bridgehead atoms. The first kappa shape index (κ1) is 17.9. The summed E-state index contributed by atoms with van der Waals surface area (Å²) in [5.41, 5.74) is 1.67. The molecule has 1 saturated carbocycles. The maximum Gasteiger partial charge on any atom is 0.257 e. The minimum absolute atomic E-state index is 0.0441. The lowest BCUT2D eigenvalue weighted by atomic mass is 10.1. The Morgan fingerprint density at radius 3 is 2.57 bits per heavy atom. The van der Waals surface area contributed by atoms with E-state index in [4.69, 9.17) is 5.26 Å². The summed E-state index contributed by atoms with van der Waals surface area (Å²) in [6.45, 7) is 0.244. The predicted molar refractivity (Wildman–Crippen MR) is 99.6 cm³/mol. The van der Waals surface area contributed by atoms with Gasteiger partial charge in [-0.3, -0.25) is 19.4 Å². The standard InChI is InChI=1S/C21H18N4O3/c22-11-14-3-7-17(8-4-14)25-19(26)10-18(21(25)28)24(20(27)16-5-6-16)13-15-2-1-9-23-12-15/h1-4,7-9,12,16,18H,5-6,10,13H2. The topological polar surface area (TPSA) is 94.4 Å². The molecule has 3 amide bonds. The van der Waals surface area contributed by atoms with E-state index in [1.54, 1.807) is 42.7 Å². The summed E-state index contributed by atoms with van der Waals surface area (Å²) in [7, 11) is 0. The molecule has 1 aromatic carbocycles. The Bertz CT molecular complexity index is 961. The molecule has 140 valence electrons. The molecule has 2 aliphatic rings. The zero-order valence-electron chi connectivity index (χ0n) is 15.1. The van der Waals surface area contributed by atoms with Crippen molar-refractivity contribution in [2.24, 2.45) is 5.92 Å². The molecule has 0 N–H and O–H groups in total. The molecule has 2 heterocycles. The molecule has 1 unspecified atom stereocenters. The third-order valence-electron chi connectivity index (χ3n) is 5.04. The normalized spacial score (nSPS) is 18.8. The second-order valence-corrected chi connectivity index (χ2v) is 7.05. The van der Waals surface area contributed by atoms with E-state index in [9.17, 15) is 14.4 Å². The largest absolute Gasteiger partial charge is 0.325 e. The van der Waals surface area contributed by atoms with Gasteiger partial charge < -0.3 is 4.90 Å². The number of hydrogen-bond acceptors (Lipinski definition) is 5. The van der Waals surface area contributed by atoms with E-state index in [1.165, 1.54) is 4.90 Å². The van der Waals surface area contributed by atoms with Gasteiger partial charge in [0.1, 0.15) is 6.04 Å². The van der Waals surface area contributed by atoms with Crippen molar-refractivity contribution < 1.29 is 14.4 Å². The van der Waals surface area contributed by atoms with Gasteiger partial charge >= 0.3 is 0 Å². The summed E-state index contributed by atoms with van der Waals surface area (Å²) in [5.74, 6) is -0.910. The first-order valence-electron chi connectivity index (χ1n) is 9.15. The zero-order valence-corrected chi connectivity index (χ0v) is 15.1. The van der Waals surface area contributed by atoms with Crippen molar-refractivity contribution >= 4 is 23.4 Å². The lowest BCUT2D eigenvalue weighted by Gasteiger charge is -2.27. The van der Waals surface area contributed by atoms with Crippen molar-refractivity contribution in [1.29, 1.82) is 5.26 Å². The number of benzene rings is 1. The Hall–Kier alpha value is -3.53. The summed E-state index contributed by atoms with van der Waals surface area (Å²) >= 11 is 0. The van der Waals surface area contributed by atoms with Gasteiger partial charge in [-0.1, -0.05) is 6.07 Å². The average molecular weight is 374 g/mol. The van der Waals surface area contributed by atoms with Crippen LogP contribution in [0, 0.1) is 17.2 Å². The van der Waals surface area contributed by atoms with Crippen molar-refractivity contribution in [3.8, 4) is 6.07 Å². The van der Waals surface area contributed by atoms with Crippen molar-refractivity contribution in [2.45, 2.75) is 31.8 Å². The quantitative estimate of drug-likeness (QED) is 0.747. The van der Waals surface area contributed by atoms with Crippen LogP contribution < -0.4 is 4.90 Å². The summed E-state index contributed by atoms with van der Waals surface area (Å²) in [5, 5.41) is 8.93. The second kappa shape index (κ2) is 7.24. The van der Waals surface area contributed by atoms with Gasteiger partial charge in [0, 0.05) is 24.9 Å². The van der Waals surface area contributed by atoms with E-state index in [0.717, 1.165) is 23.3 Å². The van der Waals surface area contributed by atoms with Gasteiger partial charge in [-0.05, 0) is 48.7 Å². The molecule has 2 fully saturated rings. The number of rotatable bonds is 5. The number of nitrogens with zero attached hydrogens (tertiary/aromatic N) is 4. The molecule has 7 heteroatoms. The van der Waals surface area contributed by atoms with Crippen LogP contribution in [0.25, 0.3) is 0 Å². The predicted octanol–water partition coefficient (Wildman–Crippen LogP) is 2.02. The Morgan fingerprint density at radius 1 is 1.21 bits per heavy atom. The van der Waals surface area contributed by atoms with E-state index in [0.29, 0.717) is 11.3 Å². The summed E-state index contributed by atoms with van der Waals surface area (Å²) < 4.78 is 0. The molecule has 28 heavy (non-hydrogen) atoms. The minimum atomic E-state index is -0.823. The third kappa shape index (κ3) is 3.37. The number of carbonyl (C=O) groups excluding carboxylic acids is 3. The smallest absolute Gasteiger partial charge is 0.257 e. The van der Waals surface area contributed by atoms with Crippen molar-refractivity contribution in [2.75, 3.05) is 4.90 Å². The van der Waals surface area contributed by atoms with Gasteiger partial charge in [0.2, 0.25) is 11.8 Å². The van der Waals surface area contributed by atoms with Crippen molar-refractivity contribution in [3.05, 3.63) is 59.9 Å². The second-order valence-electron chi connectivity index (χ2n) is 7.05. The van der Waals surface area contributed by atoms with Crippen LogP contribution in [0.3, 0.4) is 0 Å². The highest BCUT2D eigenvalue weighted by molar-refractivity contribution is 6.23. The van der Waals surface area contributed by atoms with Gasteiger partial charge in [0.25, 0.3) is 5.91 Å². The third-order valence-corrected chi connectivity index (χ3v) is 5.04. The molecule has 1 atom stereocenters. The molecule has 4 rings (SSSR count). The molecule has 2 aromatic rings. The number of nitriles is 1. The average Bonchev–Trinajstić information content (AvgIpc) is 3.52. The number of aromatic nitrogens is 1. The summed E-state index contributed by atoms with van der Waals surface area (Å²) in [6.07, 6.45) is 4.89. The molecule has 7 nitrogen and oxygen atoms in total. The SMILES string of the molecule is N#Cc1ccc(N2C(=O)CC(N(Cc3cccnc3)C(=O)C3CC3)C2=O)cc1. The summed E-state index contributed by atoms with van der Waals surface area (Å²) in [6, 6.07) is 11.1. The highest BCUT2D eigenvalue weighted by Gasteiger charge is 2.46. The van der Waals surface area contributed by atoms with Gasteiger partial charge in [-0.15, -0.1) is 0 Å². The van der Waals surface area contributed by atoms with E-state index in [-0.39, 0.29) is 30.7 Å². The highest BCUT2D eigenvalue weighted by atomic mass is 16.2. The first-order valence-corrected chi connectivity index (χ1v) is 9.15. The van der Waals surface area contributed by atoms with Crippen LogP contribution in [0.2, 0.25) is 0 Å². The lowest BCUT2D eigenvalue weighted by Crippen LogP contribution is -2.45. The van der Waals surface area contributed by atoms with Gasteiger partial charge in [0.15, 0.2) is 0 Å². The Labute approximate surface area is 162 Å². The Kier molecular flexibility index (Phi) is 4.62. The lowest BCUT2D eigenvalue weighted by molar-refractivity contribution is -0.140. The molecular weight excluding hydrogens is 356 g/mol. The van der Waals surface area contributed by atoms with E-state index in [2.05, 4.69) is 4.98 Å². The molecule has 1 aliphatic heterocycles. The van der Waals surface area contributed by atoms with Gasteiger partial charge in [0.05, 0.1) is 23.7 Å². The number of anilines is 1. The highest BCUT2D eigenvalue weighted by Crippen LogP contribution is 2.34. The monoisotopic (exact) mass is 374 g/mol. The number of carbonyl (C=O) groups is 3. The van der Waals surface area contributed by atoms with Crippen LogP contribution in [0.4, 0.5) is 5.69 Å². The molecule has 1 aliphatic carbocycles. The fourth-order valence-electron chi connectivity index (χ4n) is 3.41. The summed E-state index contributed by atoms with van der Waals surface area (Å²) in [4.78, 5) is 45.3. The molecule has 0 spiro atoms. The maximum atomic E-state index is 13.1. The van der Waals surface area contributed by atoms with Crippen LogP contribution in [-0.2, 0) is 20.9 Å².